The summed E-state index contributed by atoms with van der Waals surface area (Å²) in [5.74, 6) is 0. The first-order valence-electron chi connectivity index (χ1n) is 7.10. The van der Waals surface area contributed by atoms with E-state index in [0.717, 1.165) is 49.2 Å². The minimum atomic E-state index is 0.339. The van der Waals surface area contributed by atoms with E-state index in [-0.39, 0.29) is 0 Å². The summed E-state index contributed by atoms with van der Waals surface area (Å²) in [4.78, 5) is 0. The third-order valence-electron chi connectivity index (χ3n) is 2.94. The van der Waals surface area contributed by atoms with Crippen LogP contribution >= 0.6 is 15.9 Å². The van der Waals surface area contributed by atoms with Gasteiger partial charge in [-0.15, -0.1) is 0 Å². The molecule has 1 heterocycles. The second-order valence-electron chi connectivity index (χ2n) is 4.97. The van der Waals surface area contributed by atoms with Crippen LogP contribution in [0.3, 0.4) is 0 Å². The number of aromatic nitrogens is 2. The molecule has 0 saturated carbocycles. The average Bonchev–Trinajstić information content (AvgIpc) is 2.64. The highest BCUT2D eigenvalue weighted by Crippen LogP contribution is 2.20. The van der Waals surface area contributed by atoms with E-state index >= 15 is 0 Å². The topological polar surface area (TPSA) is 39.1 Å². The van der Waals surface area contributed by atoms with E-state index in [0.29, 0.717) is 6.10 Å². The third kappa shape index (κ3) is 5.63. The Kier molecular flexibility index (Phi) is 7.64. The number of nitrogens with zero attached hydrogens (tertiary/aromatic N) is 2. The number of nitrogens with one attached hydrogen (secondary N) is 1. The van der Waals surface area contributed by atoms with Crippen LogP contribution in [0.15, 0.2) is 4.47 Å². The van der Waals surface area contributed by atoms with Crippen molar-refractivity contribution >= 4 is 15.9 Å². The molecule has 0 atom stereocenters. The zero-order valence-electron chi connectivity index (χ0n) is 12.5. The molecule has 0 radical (unpaired) electrons. The molecular formula is C14H26BrN3O. The number of unbranched alkanes of at least 4 members (excludes halogenated alkanes) is 1. The van der Waals surface area contributed by atoms with Gasteiger partial charge in [-0.2, -0.15) is 5.10 Å². The molecule has 0 aliphatic rings. The zero-order valence-corrected chi connectivity index (χ0v) is 14.1. The van der Waals surface area contributed by atoms with E-state index < -0.39 is 0 Å². The van der Waals surface area contributed by atoms with Gasteiger partial charge in [0.2, 0.25) is 0 Å². The lowest BCUT2D eigenvalue weighted by molar-refractivity contribution is 0.0760. The van der Waals surface area contributed by atoms with Crippen LogP contribution in [-0.4, -0.2) is 29.0 Å². The van der Waals surface area contributed by atoms with Crippen molar-refractivity contribution in [2.75, 3.05) is 13.2 Å². The Morgan fingerprint density at radius 3 is 2.74 bits per heavy atom. The summed E-state index contributed by atoms with van der Waals surface area (Å²) in [5.41, 5.74) is 2.29. The number of hydrogen-bond donors (Lipinski definition) is 1. The lowest BCUT2D eigenvalue weighted by atomic mass is 10.3. The lowest BCUT2D eigenvalue weighted by Gasteiger charge is -2.09. The molecule has 1 rings (SSSR count). The Hall–Kier alpha value is -0.390. The fraction of sp³-hybridized carbons (Fsp3) is 0.786. The number of aryl methyl sites for hydroxylation is 2. The van der Waals surface area contributed by atoms with E-state index in [1.165, 1.54) is 5.69 Å². The second-order valence-corrected chi connectivity index (χ2v) is 5.76. The summed E-state index contributed by atoms with van der Waals surface area (Å²) in [6.07, 6.45) is 2.59. The Morgan fingerprint density at radius 2 is 2.11 bits per heavy atom. The molecule has 110 valence electrons. The predicted octanol–water partition coefficient (Wildman–Crippen LogP) is 3.27. The maximum atomic E-state index is 5.52. The number of rotatable bonds is 9. The maximum Gasteiger partial charge on any atom is 0.0739 e. The monoisotopic (exact) mass is 331 g/mol. The molecule has 0 amide bonds. The molecule has 0 unspecified atom stereocenters. The van der Waals surface area contributed by atoms with Crippen molar-refractivity contribution in [1.82, 2.24) is 15.1 Å². The first-order valence-corrected chi connectivity index (χ1v) is 7.89. The van der Waals surface area contributed by atoms with Gasteiger partial charge in [0.1, 0.15) is 0 Å². The second kappa shape index (κ2) is 8.72. The predicted molar refractivity (Wildman–Crippen MR) is 82.4 cm³/mol. The molecule has 1 N–H and O–H groups in total. The van der Waals surface area contributed by atoms with Gasteiger partial charge in [0, 0.05) is 19.7 Å². The largest absolute Gasteiger partial charge is 0.379 e. The standard InChI is InChI=1S/C14H26BrN3O/c1-5-18-13(14(15)12(4)17-18)10-16-8-6-7-9-19-11(2)3/h11,16H,5-10H2,1-4H3. The van der Waals surface area contributed by atoms with Gasteiger partial charge in [-0.25, -0.2) is 0 Å². The van der Waals surface area contributed by atoms with Crippen LogP contribution in [0.5, 0.6) is 0 Å². The highest BCUT2D eigenvalue weighted by Gasteiger charge is 2.10. The highest BCUT2D eigenvalue weighted by atomic mass is 79.9. The SMILES string of the molecule is CCn1nc(C)c(Br)c1CNCCCCOC(C)C. The average molecular weight is 332 g/mol. The third-order valence-corrected chi connectivity index (χ3v) is 3.98. The van der Waals surface area contributed by atoms with Crippen LogP contribution < -0.4 is 5.32 Å². The van der Waals surface area contributed by atoms with Gasteiger partial charge in [0.15, 0.2) is 0 Å². The Bertz CT molecular complexity index is 377. The van der Waals surface area contributed by atoms with Gasteiger partial charge in [0.25, 0.3) is 0 Å². The molecule has 0 aromatic carbocycles. The van der Waals surface area contributed by atoms with Crippen molar-refractivity contribution in [2.45, 2.75) is 59.7 Å². The van der Waals surface area contributed by atoms with Crippen molar-refractivity contribution in [3.63, 3.8) is 0 Å². The van der Waals surface area contributed by atoms with Gasteiger partial charge >= 0.3 is 0 Å². The molecule has 0 spiro atoms. The molecule has 1 aromatic rings. The number of hydrogen-bond acceptors (Lipinski definition) is 3. The van der Waals surface area contributed by atoms with Crippen LogP contribution in [0.25, 0.3) is 0 Å². The highest BCUT2D eigenvalue weighted by molar-refractivity contribution is 9.10. The quantitative estimate of drug-likeness (QED) is 0.706. The van der Waals surface area contributed by atoms with Crippen LogP contribution in [0.2, 0.25) is 0 Å². The van der Waals surface area contributed by atoms with Crippen LogP contribution in [0.4, 0.5) is 0 Å². The molecular weight excluding hydrogens is 306 g/mol. The van der Waals surface area contributed by atoms with Crippen molar-refractivity contribution < 1.29 is 4.74 Å². The van der Waals surface area contributed by atoms with E-state index in [9.17, 15) is 0 Å². The van der Waals surface area contributed by atoms with Crippen molar-refractivity contribution in [2.24, 2.45) is 0 Å². The summed E-state index contributed by atoms with van der Waals surface area (Å²) in [6, 6.07) is 0. The molecule has 4 nitrogen and oxygen atoms in total. The molecule has 19 heavy (non-hydrogen) atoms. The molecule has 0 bridgehead atoms. The first kappa shape index (κ1) is 16.7. The molecule has 0 aliphatic carbocycles. The van der Waals surface area contributed by atoms with Crippen LogP contribution in [0.1, 0.15) is 45.0 Å². The Morgan fingerprint density at radius 1 is 1.37 bits per heavy atom. The summed E-state index contributed by atoms with van der Waals surface area (Å²) in [5, 5.41) is 7.96. The summed E-state index contributed by atoms with van der Waals surface area (Å²) >= 11 is 3.61. The van der Waals surface area contributed by atoms with Crippen molar-refractivity contribution in [3.8, 4) is 0 Å². The summed E-state index contributed by atoms with van der Waals surface area (Å²) in [6.45, 7) is 11.9. The molecule has 0 aliphatic heterocycles. The smallest absolute Gasteiger partial charge is 0.0739 e. The van der Waals surface area contributed by atoms with Gasteiger partial charge in [-0.1, -0.05) is 0 Å². The van der Waals surface area contributed by atoms with E-state index in [1.54, 1.807) is 0 Å². The lowest BCUT2D eigenvalue weighted by Crippen LogP contribution is -2.18. The number of ether oxygens (including phenoxy) is 1. The maximum absolute atomic E-state index is 5.52. The van der Waals surface area contributed by atoms with E-state index in [2.05, 4.69) is 47.1 Å². The normalized spacial score (nSPS) is 11.5. The fourth-order valence-corrected chi connectivity index (χ4v) is 2.34. The van der Waals surface area contributed by atoms with Crippen LogP contribution in [0, 0.1) is 6.92 Å². The number of halogens is 1. The first-order chi connectivity index (χ1) is 9.06. The minimum absolute atomic E-state index is 0.339. The molecule has 0 saturated heterocycles. The summed E-state index contributed by atoms with van der Waals surface area (Å²) < 4.78 is 8.70. The van der Waals surface area contributed by atoms with Gasteiger partial charge in [-0.05, 0) is 63.0 Å². The Balaban J connectivity index is 2.22. The van der Waals surface area contributed by atoms with Crippen LogP contribution in [-0.2, 0) is 17.8 Å². The van der Waals surface area contributed by atoms with Crippen molar-refractivity contribution in [3.05, 3.63) is 15.9 Å². The van der Waals surface area contributed by atoms with E-state index in [4.69, 9.17) is 4.74 Å². The van der Waals surface area contributed by atoms with Gasteiger partial charge in [0.05, 0.1) is 22.0 Å². The van der Waals surface area contributed by atoms with Gasteiger partial charge < -0.3 is 10.1 Å². The minimum Gasteiger partial charge on any atom is -0.379 e. The van der Waals surface area contributed by atoms with Crippen molar-refractivity contribution in [1.29, 1.82) is 0 Å². The molecule has 0 fully saturated rings. The molecule has 5 heteroatoms. The zero-order chi connectivity index (χ0) is 14.3. The fourth-order valence-electron chi connectivity index (χ4n) is 1.92. The van der Waals surface area contributed by atoms with E-state index in [1.807, 2.05) is 11.6 Å². The molecule has 1 aromatic heterocycles. The Labute approximate surface area is 125 Å². The van der Waals surface area contributed by atoms with Gasteiger partial charge in [-0.3, -0.25) is 4.68 Å². The summed E-state index contributed by atoms with van der Waals surface area (Å²) in [7, 11) is 0.